The van der Waals surface area contributed by atoms with Crippen LogP contribution in [0.4, 0.5) is 5.69 Å². The van der Waals surface area contributed by atoms with E-state index in [-0.39, 0.29) is 11.8 Å². The molecule has 2 fully saturated rings. The first-order valence-electron chi connectivity index (χ1n) is 12.0. The number of amides is 2. The summed E-state index contributed by atoms with van der Waals surface area (Å²) in [6, 6.07) is 6.47. The van der Waals surface area contributed by atoms with E-state index in [0.717, 1.165) is 43.6 Å². The molecule has 0 spiro atoms. The second-order valence-electron chi connectivity index (χ2n) is 9.34. The summed E-state index contributed by atoms with van der Waals surface area (Å²) in [5.74, 6) is -0.381. The van der Waals surface area contributed by atoms with E-state index in [1.54, 1.807) is 22.2 Å². The monoisotopic (exact) mass is 449 g/mol. The number of benzene rings is 1. The lowest BCUT2D eigenvalue weighted by Crippen LogP contribution is -2.53. The molecule has 2 amide bonds. The van der Waals surface area contributed by atoms with Gasteiger partial charge in [0.2, 0.25) is 0 Å². The van der Waals surface area contributed by atoms with Gasteiger partial charge in [0.1, 0.15) is 11.3 Å². The predicted molar refractivity (Wildman–Crippen MR) is 125 cm³/mol. The Bertz CT molecular complexity index is 1040. The van der Waals surface area contributed by atoms with Gasteiger partial charge in [-0.15, -0.1) is 0 Å². The summed E-state index contributed by atoms with van der Waals surface area (Å²) < 4.78 is 0. The Hall–Kier alpha value is -3.00. The van der Waals surface area contributed by atoms with Gasteiger partial charge in [-0.25, -0.2) is 4.98 Å². The molecule has 174 valence electrons. The van der Waals surface area contributed by atoms with Gasteiger partial charge in [0.25, 0.3) is 11.8 Å². The van der Waals surface area contributed by atoms with Gasteiger partial charge in [-0.1, -0.05) is 13.0 Å². The Kier molecular flexibility index (Phi) is 5.78. The minimum Gasteiger partial charge on any atom is -0.380 e. The van der Waals surface area contributed by atoms with Crippen LogP contribution in [-0.4, -0.2) is 81.6 Å². The molecular formula is C25H31N5O3. The molecule has 5 rings (SSSR count). The third-order valence-corrected chi connectivity index (χ3v) is 6.93. The number of aromatic nitrogens is 2. The molecule has 8 nitrogen and oxygen atoms in total. The molecule has 1 N–H and O–H groups in total. The molecular weight excluding hydrogens is 418 g/mol. The minimum atomic E-state index is -1.15. The Balaban J connectivity index is 1.24. The van der Waals surface area contributed by atoms with E-state index in [0.29, 0.717) is 44.7 Å². The maximum atomic E-state index is 12.9. The number of anilines is 1. The lowest BCUT2D eigenvalue weighted by Gasteiger charge is -2.35. The first-order chi connectivity index (χ1) is 16.0. The van der Waals surface area contributed by atoms with Gasteiger partial charge in [-0.2, -0.15) is 0 Å². The fourth-order valence-electron chi connectivity index (χ4n) is 4.83. The molecule has 1 aliphatic carbocycles. The number of carbonyl (C=O) groups is 2. The number of piperazine rings is 1. The van der Waals surface area contributed by atoms with Crippen molar-refractivity contribution in [1.82, 2.24) is 19.8 Å². The van der Waals surface area contributed by atoms with Crippen LogP contribution in [0.2, 0.25) is 0 Å². The molecule has 2 aliphatic heterocycles. The average Bonchev–Trinajstić information content (AvgIpc) is 3.62. The van der Waals surface area contributed by atoms with Crippen LogP contribution in [0.1, 0.15) is 48.7 Å². The molecule has 3 heterocycles. The summed E-state index contributed by atoms with van der Waals surface area (Å²) in [4.78, 5) is 39.9. The van der Waals surface area contributed by atoms with Gasteiger partial charge in [-0.3, -0.25) is 14.6 Å². The topological polar surface area (TPSA) is 89.9 Å². The van der Waals surface area contributed by atoms with Crippen LogP contribution in [0.25, 0.3) is 11.3 Å². The number of carbonyl (C=O) groups excluding carboxylic acids is 2. The molecule has 0 bridgehead atoms. The Morgan fingerprint density at radius 1 is 1.03 bits per heavy atom. The van der Waals surface area contributed by atoms with Gasteiger partial charge in [0.15, 0.2) is 0 Å². The predicted octanol–water partition coefficient (Wildman–Crippen LogP) is 2.12. The van der Waals surface area contributed by atoms with E-state index < -0.39 is 5.60 Å². The zero-order chi connectivity index (χ0) is 23.0. The molecule has 1 saturated carbocycles. The smallest absolute Gasteiger partial charge is 0.274 e. The van der Waals surface area contributed by atoms with Gasteiger partial charge in [0.05, 0.1) is 18.1 Å². The van der Waals surface area contributed by atoms with Crippen molar-refractivity contribution in [3.8, 4) is 11.3 Å². The van der Waals surface area contributed by atoms with E-state index in [1.165, 1.54) is 11.3 Å². The summed E-state index contributed by atoms with van der Waals surface area (Å²) >= 11 is 0. The van der Waals surface area contributed by atoms with Crippen molar-refractivity contribution in [3.63, 3.8) is 0 Å². The Morgan fingerprint density at radius 3 is 2.45 bits per heavy atom. The average molecular weight is 450 g/mol. The maximum Gasteiger partial charge on any atom is 0.274 e. The van der Waals surface area contributed by atoms with Crippen LogP contribution in [-0.2, 0) is 11.2 Å². The lowest BCUT2D eigenvalue weighted by atomic mass is 9.98. The van der Waals surface area contributed by atoms with Gasteiger partial charge >= 0.3 is 0 Å². The lowest BCUT2D eigenvalue weighted by molar-refractivity contribution is -0.143. The van der Waals surface area contributed by atoms with Gasteiger partial charge in [-0.05, 0) is 49.8 Å². The molecule has 1 aromatic carbocycles. The number of nitrogens with zero attached hydrogens (tertiary/aromatic N) is 5. The summed E-state index contributed by atoms with van der Waals surface area (Å²) in [5.41, 5.74) is 3.60. The van der Waals surface area contributed by atoms with Crippen LogP contribution < -0.4 is 4.90 Å². The normalized spacial score (nSPS) is 19.3. The molecule has 33 heavy (non-hydrogen) atoms. The summed E-state index contributed by atoms with van der Waals surface area (Å²) in [6.45, 7) is 6.13. The van der Waals surface area contributed by atoms with Crippen LogP contribution in [0.15, 0.2) is 30.6 Å². The van der Waals surface area contributed by atoms with Gasteiger partial charge < -0.3 is 19.8 Å². The van der Waals surface area contributed by atoms with Crippen LogP contribution in [0.3, 0.4) is 0 Å². The third kappa shape index (κ3) is 4.31. The highest BCUT2D eigenvalue weighted by molar-refractivity contribution is 5.93. The largest absolute Gasteiger partial charge is 0.380 e. The molecule has 2 aromatic rings. The van der Waals surface area contributed by atoms with Crippen molar-refractivity contribution in [2.45, 2.75) is 44.6 Å². The number of fused-ring (bicyclic) bond motifs is 1. The second-order valence-corrected chi connectivity index (χ2v) is 9.34. The summed E-state index contributed by atoms with van der Waals surface area (Å²) in [5, 5.41) is 10.0. The van der Waals surface area contributed by atoms with Gasteiger partial charge in [0, 0.05) is 50.5 Å². The molecule has 1 saturated heterocycles. The summed E-state index contributed by atoms with van der Waals surface area (Å²) in [6.07, 6.45) is 7.65. The molecule has 0 atom stereocenters. The van der Waals surface area contributed by atoms with Crippen molar-refractivity contribution in [1.29, 1.82) is 0 Å². The number of hydrogen-bond donors (Lipinski definition) is 1. The zero-order valence-corrected chi connectivity index (χ0v) is 19.2. The third-order valence-electron chi connectivity index (χ3n) is 6.93. The first-order valence-corrected chi connectivity index (χ1v) is 12.0. The molecule has 0 radical (unpaired) electrons. The van der Waals surface area contributed by atoms with E-state index in [1.807, 2.05) is 0 Å². The quantitative estimate of drug-likeness (QED) is 0.752. The van der Waals surface area contributed by atoms with Crippen LogP contribution >= 0.6 is 0 Å². The Morgan fingerprint density at radius 2 is 1.79 bits per heavy atom. The minimum absolute atomic E-state index is 0.174. The number of aryl methyl sites for hydroxylation is 1. The van der Waals surface area contributed by atoms with E-state index >= 15 is 0 Å². The number of aliphatic hydroxyl groups is 1. The highest BCUT2D eigenvalue weighted by atomic mass is 16.3. The van der Waals surface area contributed by atoms with E-state index in [9.17, 15) is 14.7 Å². The first kappa shape index (κ1) is 21.8. The maximum absolute atomic E-state index is 12.9. The van der Waals surface area contributed by atoms with Crippen molar-refractivity contribution < 1.29 is 14.7 Å². The highest BCUT2D eigenvalue weighted by Gasteiger charge is 2.50. The molecule has 3 aliphatic rings. The fraction of sp³-hybridized carbons (Fsp3) is 0.520. The van der Waals surface area contributed by atoms with Crippen LogP contribution in [0, 0.1) is 0 Å². The summed E-state index contributed by atoms with van der Waals surface area (Å²) in [7, 11) is 0. The SMILES string of the molecule is CCCN1CCCc2cc(-c3cnc(C(=O)N4CCN(C(=O)C5(O)CC5)CC4)cn3)ccc21. The van der Waals surface area contributed by atoms with Crippen molar-refractivity contribution >= 4 is 17.5 Å². The standard InChI is InChI=1S/C25H31N5O3/c1-2-9-28-10-3-4-19-15-18(5-6-22(19)28)20-16-27-21(17-26-20)23(31)29-11-13-30(14-12-29)24(32)25(33)7-8-25/h5-6,15-17,33H,2-4,7-14H2,1H3. The fourth-order valence-corrected chi connectivity index (χ4v) is 4.83. The molecule has 1 aromatic heterocycles. The highest BCUT2D eigenvalue weighted by Crippen LogP contribution is 2.37. The zero-order valence-electron chi connectivity index (χ0n) is 19.2. The number of hydrogen-bond acceptors (Lipinski definition) is 6. The van der Waals surface area contributed by atoms with Crippen LogP contribution in [0.5, 0.6) is 0 Å². The molecule has 8 heteroatoms. The Labute approximate surface area is 194 Å². The van der Waals surface area contributed by atoms with Crippen molar-refractivity contribution in [2.75, 3.05) is 44.2 Å². The van der Waals surface area contributed by atoms with E-state index in [2.05, 4.69) is 40.0 Å². The van der Waals surface area contributed by atoms with Crippen molar-refractivity contribution in [2.24, 2.45) is 0 Å². The molecule has 0 unspecified atom stereocenters. The van der Waals surface area contributed by atoms with Crippen molar-refractivity contribution in [3.05, 3.63) is 41.9 Å². The number of rotatable bonds is 5. The second kappa shape index (κ2) is 8.74. The van der Waals surface area contributed by atoms with E-state index in [4.69, 9.17) is 0 Å².